The van der Waals surface area contributed by atoms with Gasteiger partial charge in [0.25, 0.3) is 0 Å². The van der Waals surface area contributed by atoms with Crippen molar-refractivity contribution in [1.29, 1.82) is 0 Å². The number of aromatic amines is 1. The lowest BCUT2D eigenvalue weighted by molar-refractivity contribution is 0.967. The van der Waals surface area contributed by atoms with Gasteiger partial charge in [0.05, 0.1) is 16.9 Å². The molecule has 0 saturated carbocycles. The minimum Gasteiger partial charge on any atom is -0.361 e. The van der Waals surface area contributed by atoms with Crippen LogP contribution in [0.5, 0.6) is 0 Å². The predicted octanol–water partition coefficient (Wildman–Crippen LogP) is 9.68. The van der Waals surface area contributed by atoms with Crippen LogP contribution in [0.2, 0.25) is 0 Å². The average molecular weight is 508 g/mol. The van der Waals surface area contributed by atoms with Gasteiger partial charge in [-0.05, 0) is 72.9 Å². The quantitative estimate of drug-likeness (QED) is 0.287. The van der Waals surface area contributed by atoms with Gasteiger partial charge in [0, 0.05) is 39.9 Å². The summed E-state index contributed by atoms with van der Waals surface area (Å²) in [5.74, 6) is 0. The van der Waals surface area contributed by atoms with Gasteiger partial charge in [-0.15, -0.1) is 0 Å². The van der Waals surface area contributed by atoms with E-state index < -0.39 is 0 Å². The number of nitrogens with one attached hydrogen (secondary N) is 1. The zero-order valence-corrected chi connectivity index (χ0v) is 22.4. The first kappa shape index (κ1) is 25.7. The van der Waals surface area contributed by atoms with Crippen molar-refractivity contribution in [3.05, 3.63) is 139 Å². The lowest BCUT2D eigenvalue weighted by Crippen LogP contribution is -1.99. The Bertz CT molecular complexity index is 1770. The minimum atomic E-state index is 0.892. The van der Waals surface area contributed by atoms with Crippen molar-refractivity contribution < 1.29 is 0 Å². The summed E-state index contributed by atoms with van der Waals surface area (Å²) in [6.45, 7) is 14.5. The molecule has 2 aromatic carbocycles. The van der Waals surface area contributed by atoms with Crippen LogP contribution in [0.15, 0.2) is 105 Å². The summed E-state index contributed by atoms with van der Waals surface area (Å²) < 4.78 is 2.26. The van der Waals surface area contributed by atoms with E-state index in [1.807, 2.05) is 43.6 Å². The molecule has 3 heteroatoms. The number of fused-ring (bicyclic) bond motifs is 3. The van der Waals surface area contributed by atoms with Gasteiger partial charge in [-0.25, -0.2) is 0 Å². The lowest BCUT2D eigenvalue weighted by atomic mass is 9.93. The van der Waals surface area contributed by atoms with Crippen molar-refractivity contribution in [1.82, 2.24) is 14.5 Å². The first-order valence-electron chi connectivity index (χ1n) is 13.3. The zero-order valence-electron chi connectivity index (χ0n) is 22.4. The van der Waals surface area contributed by atoms with Gasteiger partial charge in [-0.2, -0.15) is 0 Å². The van der Waals surface area contributed by atoms with Gasteiger partial charge in [0.1, 0.15) is 0 Å². The van der Waals surface area contributed by atoms with Gasteiger partial charge in [0.15, 0.2) is 0 Å². The van der Waals surface area contributed by atoms with Crippen LogP contribution >= 0.6 is 0 Å². The van der Waals surface area contributed by atoms with E-state index in [-0.39, 0.29) is 0 Å². The minimum absolute atomic E-state index is 0.892. The lowest BCUT2D eigenvalue weighted by Gasteiger charge is -2.13. The molecule has 0 unspecified atom stereocenters. The monoisotopic (exact) mass is 507 g/mol. The van der Waals surface area contributed by atoms with Crippen molar-refractivity contribution in [2.75, 3.05) is 0 Å². The predicted molar refractivity (Wildman–Crippen MR) is 171 cm³/mol. The fourth-order valence-electron chi connectivity index (χ4n) is 5.36. The Morgan fingerprint density at radius 1 is 0.846 bits per heavy atom. The van der Waals surface area contributed by atoms with Crippen LogP contribution in [0.25, 0.3) is 57.9 Å². The Labute approximate surface area is 230 Å². The number of rotatable bonds is 5. The number of allylic oxidation sites excluding steroid dienone is 2. The molecule has 3 nitrogen and oxygen atoms in total. The second kappa shape index (κ2) is 11.7. The normalized spacial score (nSPS) is 12.1. The summed E-state index contributed by atoms with van der Waals surface area (Å²) in [6, 6.07) is 20.9. The van der Waals surface area contributed by atoms with E-state index in [2.05, 4.69) is 108 Å². The number of para-hydroxylation sites is 2. The highest BCUT2D eigenvalue weighted by Gasteiger charge is 2.14. The van der Waals surface area contributed by atoms with Crippen LogP contribution in [-0.2, 0) is 6.42 Å². The van der Waals surface area contributed by atoms with Gasteiger partial charge < -0.3 is 9.55 Å². The molecule has 192 valence electrons. The third-order valence-corrected chi connectivity index (χ3v) is 7.08. The fourth-order valence-corrected chi connectivity index (χ4v) is 5.36. The summed E-state index contributed by atoms with van der Waals surface area (Å²) in [5, 5.41) is 2.22. The van der Waals surface area contributed by atoms with E-state index in [0.717, 1.165) is 68.4 Å². The molecule has 1 aliphatic rings. The van der Waals surface area contributed by atoms with Crippen LogP contribution in [0, 0.1) is 0 Å². The molecule has 0 radical (unpaired) electrons. The second-order valence-electron chi connectivity index (χ2n) is 9.29. The standard InChI is InChI=1S/C36H33N3/c1-5-15-35-29(8-4)32-18-11-14-21-36(32)39(35)26-22-24-37-33-19-12-9-16-30(33)27(6-2)28(7-3)31-17-10-13-20-34(31)38-25-23-26/h5-9,11-16,18-25,37H,2-4,10,17H2,1H3/b15-5-,24-22?,26-23?,28-27?,38-25?. The summed E-state index contributed by atoms with van der Waals surface area (Å²) in [6.07, 6.45) is 20.0. The fraction of sp³-hybridized carbons (Fsp3) is 0.0833. The highest BCUT2D eigenvalue weighted by atomic mass is 15.0. The van der Waals surface area contributed by atoms with Crippen LogP contribution in [0.1, 0.15) is 47.0 Å². The molecular weight excluding hydrogens is 474 g/mol. The van der Waals surface area contributed by atoms with Crippen molar-refractivity contribution in [3.63, 3.8) is 0 Å². The number of nitrogens with zero attached hydrogens (tertiary/aromatic N) is 2. The van der Waals surface area contributed by atoms with Gasteiger partial charge in [0.2, 0.25) is 0 Å². The maximum Gasteiger partial charge on any atom is 0.0664 e. The molecule has 2 heterocycles. The summed E-state index contributed by atoms with van der Waals surface area (Å²) >= 11 is 0. The number of hydrogen-bond donors (Lipinski definition) is 1. The molecule has 0 amide bonds. The maximum absolute atomic E-state index is 4.96. The molecule has 0 fully saturated rings. The molecule has 0 saturated heterocycles. The van der Waals surface area contributed by atoms with Gasteiger partial charge in [-0.3, -0.25) is 4.98 Å². The van der Waals surface area contributed by atoms with Gasteiger partial charge >= 0.3 is 0 Å². The first-order valence-corrected chi connectivity index (χ1v) is 13.3. The highest BCUT2D eigenvalue weighted by molar-refractivity contribution is 5.95. The first-order chi connectivity index (χ1) is 19.2. The SMILES string of the molecule is C=Cc1c2c(nccc(-n3c(/C=C\C)c(C=C)c4ccccc43)cc[nH]c3ccccc3c1C=C)C=CCC2. The largest absolute Gasteiger partial charge is 0.361 e. The second-order valence-corrected chi connectivity index (χ2v) is 9.29. The van der Waals surface area contributed by atoms with Crippen molar-refractivity contribution in [2.24, 2.45) is 0 Å². The molecule has 4 aromatic rings. The van der Waals surface area contributed by atoms with Gasteiger partial charge in [-0.1, -0.05) is 86.5 Å². The number of hydrogen-bond acceptors (Lipinski definition) is 1. The third kappa shape index (κ3) is 4.87. The van der Waals surface area contributed by atoms with Crippen molar-refractivity contribution in [3.8, 4) is 5.69 Å². The molecule has 1 N–H and O–H groups in total. The molecule has 2 aromatic heterocycles. The molecule has 39 heavy (non-hydrogen) atoms. The molecule has 0 bridgehead atoms. The number of aromatic nitrogens is 3. The molecule has 5 rings (SSSR count). The van der Waals surface area contributed by atoms with E-state index in [4.69, 9.17) is 4.98 Å². The van der Waals surface area contributed by atoms with Crippen molar-refractivity contribution in [2.45, 2.75) is 19.8 Å². The Balaban J connectivity index is 1.96. The summed E-state index contributed by atoms with van der Waals surface area (Å²) in [5.41, 5.74) is 9.47. The van der Waals surface area contributed by atoms with E-state index in [0.29, 0.717) is 0 Å². The van der Waals surface area contributed by atoms with E-state index in [1.54, 1.807) is 0 Å². The van der Waals surface area contributed by atoms with E-state index in [1.165, 1.54) is 5.56 Å². The van der Waals surface area contributed by atoms with Crippen LogP contribution in [0.3, 0.4) is 0 Å². The number of benzene rings is 2. The Kier molecular flexibility index (Phi) is 7.70. The van der Waals surface area contributed by atoms with E-state index >= 15 is 0 Å². The molecule has 0 spiro atoms. The zero-order chi connectivity index (χ0) is 27.2. The average Bonchev–Trinajstić information content (AvgIpc) is 3.29. The molecule has 1 aliphatic carbocycles. The third-order valence-electron chi connectivity index (χ3n) is 7.08. The highest BCUT2D eigenvalue weighted by Crippen LogP contribution is 2.31. The van der Waals surface area contributed by atoms with Crippen molar-refractivity contribution >= 4 is 52.2 Å². The van der Waals surface area contributed by atoms with Crippen LogP contribution < -0.4 is 0 Å². The molecular formula is C36H33N3. The number of H-pyrrole nitrogens is 1. The Morgan fingerprint density at radius 3 is 2.36 bits per heavy atom. The Morgan fingerprint density at radius 2 is 1.59 bits per heavy atom. The molecule has 0 atom stereocenters. The topological polar surface area (TPSA) is 33.6 Å². The summed E-state index contributed by atoms with van der Waals surface area (Å²) in [7, 11) is 0. The Hall–Kier alpha value is -4.89. The summed E-state index contributed by atoms with van der Waals surface area (Å²) in [4.78, 5) is 8.50. The maximum atomic E-state index is 4.96. The van der Waals surface area contributed by atoms with E-state index in [9.17, 15) is 0 Å². The molecule has 0 aliphatic heterocycles. The van der Waals surface area contributed by atoms with Crippen LogP contribution in [-0.4, -0.2) is 14.5 Å². The smallest absolute Gasteiger partial charge is 0.0664 e. The van der Waals surface area contributed by atoms with Crippen LogP contribution in [0.4, 0.5) is 0 Å².